The molecule has 0 aliphatic heterocycles. The lowest BCUT2D eigenvalue weighted by molar-refractivity contribution is 0.564. The topological polar surface area (TPSA) is 29.4 Å². The molecular weight excluding hydrogens is 126 g/mol. The van der Waals surface area contributed by atoms with Gasteiger partial charge in [0.1, 0.15) is 0 Å². The predicted molar refractivity (Wildman–Crippen MR) is 32.6 cm³/mol. The first-order valence-corrected chi connectivity index (χ1v) is 2.66. The third-order valence-electron chi connectivity index (χ3n) is 0.587. The Kier molecular flexibility index (Phi) is 4.23. The van der Waals surface area contributed by atoms with Crippen molar-refractivity contribution in [3.05, 3.63) is 12.3 Å². The van der Waals surface area contributed by atoms with Gasteiger partial charge in [0.25, 0.3) is 0 Å². The minimum Gasteiger partial charge on any atom is -0.211 e. The zero-order valence-electron chi connectivity index (χ0n) is 4.35. The summed E-state index contributed by atoms with van der Waals surface area (Å²) < 4.78 is 0. The molecule has 0 amide bonds. The Hall–Kier alpha value is -0.590. The Bertz CT molecular complexity index is 126. The van der Waals surface area contributed by atoms with Crippen molar-refractivity contribution in [2.75, 3.05) is 5.88 Å². The van der Waals surface area contributed by atoms with Gasteiger partial charge in [-0.15, -0.1) is 11.6 Å². The molecule has 0 unspecified atom stereocenters. The first-order chi connectivity index (χ1) is 3.81. The Balaban J connectivity index is 3.49. The third kappa shape index (κ3) is 3.59. The number of alkyl halides is 1. The van der Waals surface area contributed by atoms with Crippen LogP contribution in [0, 0.1) is 0 Å². The Morgan fingerprint density at radius 2 is 2.50 bits per heavy atom. The fourth-order valence-corrected chi connectivity index (χ4v) is 0.448. The Morgan fingerprint density at radius 3 is 2.88 bits per heavy atom. The molecule has 8 heavy (non-hydrogen) atoms. The molecule has 0 fully saturated rings. The molecule has 0 aliphatic rings. The molecule has 0 atom stereocenters. The van der Waals surface area contributed by atoms with Gasteiger partial charge in [0.15, 0.2) is 0 Å². The third-order valence-corrected chi connectivity index (χ3v) is 0.776. The molecule has 0 aromatic rings. The van der Waals surface area contributed by atoms with Crippen molar-refractivity contribution in [2.24, 2.45) is 4.99 Å². The van der Waals surface area contributed by atoms with Gasteiger partial charge in [-0.1, -0.05) is 6.58 Å². The number of isocyanates is 1. The van der Waals surface area contributed by atoms with Gasteiger partial charge >= 0.3 is 0 Å². The fraction of sp³-hybridized carbons (Fsp3) is 0.400. The molecule has 0 aliphatic carbocycles. The van der Waals surface area contributed by atoms with Gasteiger partial charge in [0.2, 0.25) is 6.08 Å². The second-order valence-corrected chi connectivity index (χ2v) is 1.59. The van der Waals surface area contributed by atoms with Crippen molar-refractivity contribution in [3.8, 4) is 0 Å². The summed E-state index contributed by atoms with van der Waals surface area (Å²) >= 11 is 5.28. The molecule has 0 aromatic carbocycles. The number of allylic oxidation sites excluding steroid dienone is 1. The number of hydrogen-bond donors (Lipinski definition) is 0. The maximum Gasteiger partial charge on any atom is 0.240 e. The second-order valence-electron chi connectivity index (χ2n) is 1.21. The molecule has 0 radical (unpaired) electrons. The zero-order chi connectivity index (χ0) is 6.41. The Labute approximate surface area is 52.9 Å². The van der Waals surface area contributed by atoms with E-state index in [0.717, 1.165) is 0 Å². The largest absolute Gasteiger partial charge is 0.240 e. The summed E-state index contributed by atoms with van der Waals surface area (Å²) in [6.45, 7) is 3.42. The summed E-state index contributed by atoms with van der Waals surface area (Å²) in [7, 11) is 0. The van der Waals surface area contributed by atoms with Crippen molar-refractivity contribution in [1.29, 1.82) is 0 Å². The van der Waals surface area contributed by atoms with Gasteiger partial charge in [0, 0.05) is 18.0 Å². The number of hydrogen-bond acceptors (Lipinski definition) is 2. The minimum atomic E-state index is 0.448. The van der Waals surface area contributed by atoms with E-state index in [-0.39, 0.29) is 0 Å². The summed E-state index contributed by atoms with van der Waals surface area (Å²) in [6.07, 6.45) is 1.92. The van der Waals surface area contributed by atoms with Crippen molar-refractivity contribution >= 4 is 17.7 Å². The van der Waals surface area contributed by atoms with Gasteiger partial charge in [0.05, 0.1) is 0 Å². The van der Waals surface area contributed by atoms with Crippen LogP contribution in [-0.2, 0) is 4.79 Å². The van der Waals surface area contributed by atoms with Gasteiger partial charge in [-0.25, -0.2) is 4.79 Å². The van der Waals surface area contributed by atoms with Crippen molar-refractivity contribution in [3.63, 3.8) is 0 Å². The molecule has 0 aromatic heterocycles. The molecule has 2 nitrogen and oxygen atoms in total. The average Bonchev–Trinajstić information content (AvgIpc) is 1.68. The lowest BCUT2D eigenvalue weighted by atomic mass is 10.4. The predicted octanol–water partition coefficient (Wildman–Crippen LogP) is 1.46. The van der Waals surface area contributed by atoms with E-state index >= 15 is 0 Å². The van der Waals surface area contributed by atoms with Crippen LogP contribution in [0.2, 0.25) is 0 Å². The zero-order valence-corrected chi connectivity index (χ0v) is 5.11. The van der Waals surface area contributed by atoms with E-state index in [2.05, 4.69) is 11.6 Å². The summed E-state index contributed by atoms with van der Waals surface area (Å²) in [5, 5.41) is 0. The molecule has 0 heterocycles. The van der Waals surface area contributed by atoms with Gasteiger partial charge in [-0.2, -0.15) is 4.99 Å². The minimum absolute atomic E-state index is 0.448. The number of rotatable bonds is 3. The summed E-state index contributed by atoms with van der Waals surface area (Å²) in [5.41, 5.74) is 0.481. The van der Waals surface area contributed by atoms with E-state index in [0.29, 0.717) is 18.0 Å². The second kappa shape index (κ2) is 4.57. The van der Waals surface area contributed by atoms with E-state index in [1.165, 1.54) is 6.08 Å². The Morgan fingerprint density at radius 1 is 1.88 bits per heavy atom. The maximum absolute atomic E-state index is 9.49. The van der Waals surface area contributed by atoms with Crippen LogP contribution in [0.1, 0.15) is 6.42 Å². The van der Waals surface area contributed by atoms with Crippen LogP contribution in [0.3, 0.4) is 0 Å². The SMILES string of the molecule is C=C(CCCl)N=C=O. The van der Waals surface area contributed by atoms with Gasteiger partial charge < -0.3 is 0 Å². The standard InChI is InChI=1S/C5H6ClNO/c1-5(2-3-6)7-4-8/h1-3H2. The lowest BCUT2D eigenvalue weighted by Gasteiger charge is -1.86. The van der Waals surface area contributed by atoms with Crippen LogP contribution in [0.15, 0.2) is 17.3 Å². The van der Waals surface area contributed by atoms with Crippen LogP contribution >= 0.6 is 11.6 Å². The number of aliphatic imine (C=N–C) groups is 1. The van der Waals surface area contributed by atoms with Crippen molar-refractivity contribution < 1.29 is 4.79 Å². The number of nitrogens with zero attached hydrogens (tertiary/aromatic N) is 1. The molecule has 44 valence electrons. The van der Waals surface area contributed by atoms with E-state index in [1.807, 2.05) is 0 Å². The average molecular weight is 132 g/mol. The monoisotopic (exact) mass is 131 g/mol. The van der Waals surface area contributed by atoms with Crippen LogP contribution in [0.5, 0.6) is 0 Å². The molecule has 0 spiro atoms. The molecule has 3 heteroatoms. The van der Waals surface area contributed by atoms with Crippen molar-refractivity contribution in [1.82, 2.24) is 0 Å². The molecule has 0 saturated carbocycles. The highest BCUT2D eigenvalue weighted by molar-refractivity contribution is 6.17. The molecule has 0 bridgehead atoms. The molecule has 0 saturated heterocycles. The summed E-state index contributed by atoms with van der Waals surface area (Å²) in [6, 6.07) is 0. The number of halogens is 1. The van der Waals surface area contributed by atoms with Crippen LogP contribution in [-0.4, -0.2) is 12.0 Å². The van der Waals surface area contributed by atoms with E-state index in [1.54, 1.807) is 0 Å². The van der Waals surface area contributed by atoms with Gasteiger partial charge in [-0.05, 0) is 0 Å². The van der Waals surface area contributed by atoms with Crippen molar-refractivity contribution in [2.45, 2.75) is 6.42 Å². The quantitative estimate of drug-likeness (QED) is 0.324. The first kappa shape index (κ1) is 7.41. The number of carbonyl (C=O) groups excluding carboxylic acids is 1. The highest BCUT2D eigenvalue weighted by Crippen LogP contribution is 1.98. The van der Waals surface area contributed by atoms with E-state index in [9.17, 15) is 4.79 Å². The van der Waals surface area contributed by atoms with Crippen LogP contribution < -0.4 is 0 Å². The highest BCUT2D eigenvalue weighted by Gasteiger charge is 1.85. The lowest BCUT2D eigenvalue weighted by Crippen LogP contribution is -1.75. The summed E-state index contributed by atoms with van der Waals surface area (Å²) in [4.78, 5) is 12.7. The fourth-order valence-electron chi connectivity index (χ4n) is 0.230. The van der Waals surface area contributed by atoms with E-state index < -0.39 is 0 Å². The molecule has 0 rings (SSSR count). The van der Waals surface area contributed by atoms with Crippen LogP contribution in [0.4, 0.5) is 0 Å². The van der Waals surface area contributed by atoms with Gasteiger partial charge in [-0.3, -0.25) is 0 Å². The summed E-state index contributed by atoms with van der Waals surface area (Å²) in [5.74, 6) is 0.448. The first-order valence-electron chi connectivity index (χ1n) is 2.13. The highest BCUT2D eigenvalue weighted by atomic mass is 35.5. The maximum atomic E-state index is 9.49. The van der Waals surface area contributed by atoms with Crippen LogP contribution in [0.25, 0.3) is 0 Å². The molecular formula is C5H6ClNO. The van der Waals surface area contributed by atoms with E-state index in [4.69, 9.17) is 11.6 Å². The normalized spacial score (nSPS) is 7.62. The smallest absolute Gasteiger partial charge is 0.211 e. The molecule has 0 N–H and O–H groups in total.